The number of carbonyl (C=O) groups is 1. The van der Waals surface area contributed by atoms with Crippen molar-refractivity contribution in [2.75, 3.05) is 25.0 Å². The lowest BCUT2D eigenvalue weighted by Crippen LogP contribution is -2.28. The smallest absolute Gasteiger partial charge is 0.270 e. The number of rotatable bonds is 4. The van der Waals surface area contributed by atoms with E-state index in [0.717, 1.165) is 17.6 Å². The fourth-order valence-corrected chi connectivity index (χ4v) is 3.28. The molecule has 2 heterocycles. The molecule has 1 fully saturated rings. The molecule has 2 aromatic rings. The lowest BCUT2D eigenvalue weighted by atomic mass is 10.1. The molecule has 0 spiro atoms. The lowest BCUT2D eigenvalue weighted by molar-refractivity contribution is 0.0780. The van der Waals surface area contributed by atoms with Crippen LogP contribution in [0.1, 0.15) is 28.9 Å². The van der Waals surface area contributed by atoms with Gasteiger partial charge in [-0.3, -0.25) is 4.79 Å². The molecular formula is C17H20BrN3O. The molecule has 1 N–H and O–H groups in total. The summed E-state index contributed by atoms with van der Waals surface area (Å²) in [4.78, 5) is 19.6. The predicted octanol–water partition coefficient (Wildman–Crippen LogP) is 3.65. The Morgan fingerprint density at radius 3 is 2.73 bits per heavy atom. The number of carbonyl (C=O) groups excluding carboxylic acids is 1. The van der Waals surface area contributed by atoms with Crippen LogP contribution in [0.4, 0.5) is 5.69 Å². The van der Waals surface area contributed by atoms with E-state index in [-0.39, 0.29) is 5.91 Å². The van der Waals surface area contributed by atoms with Crippen molar-refractivity contribution < 1.29 is 4.79 Å². The third-order valence-electron chi connectivity index (χ3n) is 4.07. The Bertz CT molecular complexity index is 661. The first-order valence-electron chi connectivity index (χ1n) is 7.57. The van der Waals surface area contributed by atoms with E-state index in [1.165, 1.54) is 24.1 Å². The Kier molecular flexibility index (Phi) is 4.52. The van der Waals surface area contributed by atoms with Crippen molar-refractivity contribution in [1.29, 1.82) is 0 Å². The average Bonchev–Trinajstić information content (AvgIpc) is 3.18. The second-order valence-electron chi connectivity index (χ2n) is 5.72. The van der Waals surface area contributed by atoms with Crippen molar-refractivity contribution >= 4 is 27.5 Å². The van der Waals surface area contributed by atoms with Crippen molar-refractivity contribution in [3.63, 3.8) is 0 Å². The van der Waals surface area contributed by atoms with Gasteiger partial charge in [0.15, 0.2) is 0 Å². The SMILES string of the molecule is CN(Cc1ccccc1N1CCCC1)C(=O)c1cc(Br)c[nH]1. The summed E-state index contributed by atoms with van der Waals surface area (Å²) in [7, 11) is 1.85. The molecule has 116 valence electrons. The summed E-state index contributed by atoms with van der Waals surface area (Å²) in [6.45, 7) is 2.83. The molecule has 1 saturated heterocycles. The van der Waals surface area contributed by atoms with Crippen molar-refractivity contribution in [2.45, 2.75) is 19.4 Å². The van der Waals surface area contributed by atoms with Crippen LogP contribution in [0.15, 0.2) is 41.0 Å². The molecule has 4 nitrogen and oxygen atoms in total. The maximum absolute atomic E-state index is 12.5. The predicted molar refractivity (Wildman–Crippen MR) is 92.2 cm³/mol. The first-order valence-corrected chi connectivity index (χ1v) is 8.36. The van der Waals surface area contributed by atoms with Crippen molar-refractivity contribution in [2.24, 2.45) is 0 Å². The minimum atomic E-state index is 0.00178. The van der Waals surface area contributed by atoms with Crippen LogP contribution in [0.5, 0.6) is 0 Å². The van der Waals surface area contributed by atoms with Crippen LogP contribution in [0.3, 0.4) is 0 Å². The highest BCUT2D eigenvalue weighted by Gasteiger charge is 2.18. The zero-order valence-corrected chi connectivity index (χ0v) is 14.3. The topological polar surface area (TPSA) is 39.3 Å². The quantitative estimate of drug-likeness (QED) is 0.902. The minimum absolute atomic E-state index is 0.00178. The largest absolute Gasteiger partial charge is 0.371 e. The second-order valence-corrected chi connectivity index (χ2v) is 6.63. The standard InChI is InChI=1S/C17H20BrN3O/c1-20(17(22)15-10-14(18)11-19-15)12-13-6-2-3-7-16(13)21-8-4-5-9-21/h2-3,6-7,10-11,19H,4-5,8-9,12H2,1H3. The van der Waals surface area contributed by atoms with E-state index in [2.05, 4.69) is 44.0 Å². The Hall–Kier alpha value is -1.75. The maximum atomic E-state index is 12.5. The molecule has 0 saturated carbocycles. The summed E-state index contributed by atoms with van der Waals surface area (Å²) in [6.07, 6.45) is 4.28. The number of amides is 1. The van der Waals surface area contributed by atoms with Gasteiger partial charge in [-0.15, -0.1) is 0 Å². The Morgan fingerprint density at radius 1 is 1.32 bits per heavy atom. The number of benzene rings is 1. The first-order chi connectivity index (χ1) is 10.6. The Labute approximate surface area is 139 Å². The normalized spacial score (nSPS) is 14.4. The van der Waals surface area contributed by atoms with Gasteiger partial charge in [-0.1, -0.05) is 18.2 Å². The number of H-pyrrole nitrogens is 1. The van der Waals surface area contributed by atoms with Gasteiger partial charge in [0, 0.05) is 43.0 Å². The second kappa shape index (κ2) is 6.57. The van der Waals surface area contributed by atoms with Crippen molar-refractivity contribution in [3.8, 4) is 0 Å². The monoisotopic (exact) mass is 361 g/mol. The highest BCUT2D eigenvalue weighted by molar-refractivity contribution is 9.10. The fraction of sp³-hybridized carbons (Fsp3) is 0.353. The molecule has 1 amide bonds. The molecule has 0 unspecified atom stereocenters. The summed E-state index contributed by atoms with van der Waals surface area (Å²) in [6, 6.07) is 10.2. The highest BCUT2D eigenvalue weighted by atomic mass is 79.9. The summed E-state index contributed by atoms with van der Waals surface area (Å²) in [5.41, 5.74) is 3.06. The number of aromatic amines is 1. The number of nitrogens with one attached hydrogen (secondary N) is 1. The van der Waals surface area contributed by atoms with E-state index in [1.54, 1.807) is 11.1 Å². The van der Waals surface area contributed by atoms with E-state index in [0.29, 0.717) is 12.2 Å². The molecule has 22 heavy (non-hydrogen) atoms. The number of nitrogens with zero attached hydrogens (tertiary/aromatic N) is 2. The molecule has 1 aromatic carbocycles. The number of aromatic nitrogens is 1. The van der Waals surface area contributed by atoms with Crippen molar-refractivity contribution in [1.82, 2.24) is 9.88 Å². The van der Waals surface area contributed by atoms with Gasteiger partial charge in [0.1, 0.15) is 5.69 Å². The van der Waals surface area contributed by atoms with E-state index < -0.39 is 0 Å². The van der Waals surface area contributed by atoms with Crippen LogP contribution in [0.2, 0.25) is 0 Å². The summed E-state index contributed by atoms with van der Waals surface area (Å²) in [5.74, 6) is 0.00178. The molecule has 5 heteroatoms. The van der Waals surface area contributed by atoms with Crippen molar-refractivity contribution in [3.05, 3.63) is 52.3 Å². The zero-order valence-electron chi connectivity index (χ0n) is 12.7. The number of hydrogen-bond donors (Lipinski definition) is 1. The summed E-state index contributed by atoms with van der Waals surface area (Å²) in [5, 5.41) is 0. The van der Waals surface area contributed by atoms with Crippen LogP contribution in [-0.4, -0.2) is 35.9 Å². The van der Waals surface area contributed by atoms with E-state index >= 15 is 0 Å². The summed E-state index contributed by atoms with van der Waals surface area (Å²) >= 11 is 3.36. The van der Waals surface area contributed by atoms with Crippen LogP contribution in [0.25, 0.3) is 0 Å². The zero-order chi connectivity index (χ0) is 15.5. The molecule has 0 bridgehead atoms. The molecule has 0 radical (unpaired) electrons. The van der Waals surface area contributed by atoms with Gasteiger partial charge in [0.25, 0.3) is 5.91 Å². The van der Waals surface area contributed by atoms with Crippen LogP contribution in [0, 0.1) is 0 Å². The summed E-state index contributed by atoms with van der Waals surface area (Å²) < 4.78 is 0.890. The van der Waals surface area contributed by atoms with Gasteiger partial charge in [0.2, 0.25) is 0 Å². The molecule has 0 aliphatic carbocycles. The third-order valence-corrected chi connectivity index (χ3v) is 4.53. The van der Waals surface area contributed by atoms with Gasteiger partial charge in [-0.05, 0) is 46.5 Å². The van der Waals surface area contributed by atoms with Crippen LogP contribution >= 0.6 is 15.9 Å². The van der Waals surface area contributed by atoms with Gasteiger partial charge < -0.3 is 14.8 Å². The van der Waals surface area contributed by atoms with E-state index in [1.807, 2.05) is 19.2 Å². The van der Waals surface area contributed by atoms with Gasteiger partial charge in [0.05, 0.1) is 0 Å². The third kappa shape index (κ3) is 3.19. The minimum Gasteiger partial charge on any atom is -0.371 e. The van der Waals surface area contributed by atoms with Crippen LogP contribution < -0.4 is 4.90 Å². The Balaban J connectivity index is 1.76. The van der Waals surface area contributed by atoms with Gasteiger partial charge >= 0.3 is 0 Å². The lowest BCUT2D eigenvalue weighted by Gasteiger charge is -2.24. The molecule has 1 aliphatic heterocycles. The van der Waals surface area contributed by atoms with E-state index in [9.17, 15) is 4.79 Å². The maximum Gasteiger partial charge on any atom is 0.270 e. The molecule has 0 atom stereocenters. The molecule has 1 aliphatic rings. The number of anilines is 1. The average molecular weight is 362 g/mol. The fourth-order valence-electron chi connectivity index (χ4n) is 2.94. The number of hydrogen-bond acceptors (Lipinski definition) is 2. The highest BCUT2D eigenvalue weighted by Crippen LogP contribution is 2.25. The molecule has 3 rings (SSSR count). The molecule has 1 aromatic heterocycles. The van der Waals surface area contributed by atoms with Crippen LogP contribution in [-0.2, 0) is 6.54 Å². The van der Waals surface area contributed by atoms with E-state index in [4.69, 9.17) is 0 Å². The van der Waals surface area contributed by atoms with Gasteiger partial charge in [-0.25, -0.2) is 0 Å². The van der Waals surface area contributed by atoms with Gasteiger partial charge in [-0.2, -0.15) is 0 Å². The number of halogens is 1. The first kappa shape index (κ1) is 15.2. The molecular weight excluding hydrogens is 342 g/mol. The number of para-hydroxylation sites is 1. The Morgan fingerprint density at radius 2 is 2.05 bits per heavy atom.